The van der Waals surface area contributed by atoms with Crippen LogP contribution in [0.5, 0.6) is 0 Å². The first-order valence-corrected chi connectivity index (χ1v) is 6.55. The lowest BCUT2D eigenvalue weighted by Gasteiger charge is -2.25. The molecule has 1 aromatic rings. The number of rotatable bonds is 5. The van der Waals surface area contributed by atoms with Gasteiger partial charge in [0.15, 0.2) is 0 Å². The normalized spacial score (nSPS) is 25.1. The van der Waals surface area contributed by atoms with Gasteiger partial charge in [-0.15, -0.1) is 0 Å². The van der Waals surface area contributed by atoms with Gasteiger partial charge in [-0.3, -0.25) is 0 Å². The van der Waals surface area contributed by atoms with E-state index in [1.807, 2.05) is 4.68 Å². The molecule has 2 rings (SSSR count). The highest BCUT2D eigenvalue weighted by Gasteiger charge is 2.18. The van der Waals surface area contributed by atoms with E-state index in [1.165, 1.54) is 0 Å². The number of aryl methyl sites for hydroxylation is 1. The van der Waals surface area contributed by atoms with Crippen LogP contribution in [0.25, 0.3) is 0 Å². The van der Waals surface area contributed by atoms with Gasteiger partial charge in [0.2, 0.25) is 0 Å². The minimum atomic E-state index is -0.0607. The molecule has 17 heavy (non-hydrogen) atoms. The van der Waals surface area contributed by atoms with Crippen LogP contribution in [0.1, 0.15) is 38.4 Å². The predicted molar refractivity (Wildman–Crippen MR) is 65.4 cm³/mol. The first kappa shape index (κ1) is 12.5. The molecule has 2 N–H and O–H groups in total. The average Bonchev–Trinajstić information content (AvgIpc) is 2.79. The monoisotopic (exact) mass is 238 g/mol. The molecule has 0 amide bonds. The molecular weight excluding hydrogens is 216 g/mol. The van der Waals surface area contributed by atoms with Gasteiger partial charge in [-0.2, -0.15) is 5.10 Å². The van der Waals surface area contributed by atoms with Crippen LogP contribution in [-0.4, -0.2) is 32.5 Å². The van der Waals surface area contributed by atoms with Crippen molar-refractivity contribution in [3.63, 3.8) is 0 Å². The lowest BCUT2D eigenvalue weighted by atomic mass is 9.87. The molecule has 1 saturated carbocycles. The number of aromatic nitrogens is 3. The summed E-state index contributed by atoms with van der Waals surface area (Å²) in [7, 11) is 0. The third-order valence-corrected chi connectivity index (χ3v) is 3.53. The van der Waals surface area contributed by atoms with Crippen molar-refractivity contribution in [1.82, 2.24) is 20.1 Å². The van der Waals surface area contributed by atoms with Crippen LogP contribution < -0.4 is 5.32 Å². The van der Waals surface area contributed by atoms with Gasteiger partial charge in [0, 0.05) is 6.54 Å². The Morgan fingerprint density at radius 2 is 2.18 bits per heavy atom. The Balaban J connectivity index is 1.69. The summed E-state index contributed by atoms with van der Waals surface area (Å²) in [5, 5.41) is 17.0. The van der Waals surface area contributed by atoms with E-state index in [1.54, 1.807) is 6.33 Å². The quantitative estimate of drug-likeness (QED) is 0.801. The van der Waals surface area contributed by atoms with Crippen LogP contribution in [0, 0.1) is 5.92 Å². The summed E-state index contributed by atoms with van der Waals surface area (Å²) >= 11 is 0. The van der Waals surface area contributed by atoms with Crippen molar-refractivity contribution in [2.24, 2.45) is 5.92 Å². The van der Waals surface area contributed by atoms with E-state index in [4.69, 9.17) is 0 Å². The minimum Gasteiger partial charge on any atom is -0.393 e. The highest BCUT2D eigenvalue weighted by Crippen LogP contribution is 2.23. The highest BCUT2D eigenvalue weighted by molar-refractivity contribution is 4.84. The first-order valence-electron chi connectivity index (χ1n) is 6.55. The standard InChI is InChI=1S/C12H22N4O/c1-2-16-12(14-9-15-16)8-13-7-10-3-5-11(17)6-4-10/h9-11,13,17H,2-8H2,1H3. The van der Waals surface area contributed by atoms with Crippen molar-refractivity contribution in [3.05, 3.63) is 12.2 Å². The summed E-state index contributed by atoms with van der Waals surface area (Å²) in [5.74, 6) is 1.71. The number of aliphatic hydroxyl groups excluding tert-OH is 1. The van der Waals surface area contributed by atoms with E-state index in [0.29, 0.717) is 5.92 Å². The van der Waals surface area contributed by atoms with E-state index >= 15 is 0 Å². The molecule has 0 bridgehead atoms. The predicted octanol–water partition coefficient (Wildman–Crippen LogP) is 0.939. The van der Waals surface area contributed by atoms with Crippen LogP contribution in [-0.2, 0) is 13.1 Å². The summed E-state index contributed by atoms with van der Waals surface area (Å²) in [6, 6.07) is 0. The second-order valence-electron chi connectivity index (χ2n) is 4.80. The topological polar surface area (TPSA) is 63.0 Å². The first-order chi connectivity index (χ1) is 8.29. The Labute approximate surface area is 102 Å². The summed E-state index contributed by atoms with van der Waals surface area (Å²) in [4.78, 5) is 4.23. The fourth-order valence-electron chi connectivity index (χ4n) is 2.43. The van der Waals surface area contributed by atoms with Crippen molar-refractivity contribution in [3.8, 4) is 0 Å². The molecule has 0 atom stereocenters. The Morgan fingerprint density at radius 1 is 1.41 bits per heavy atom. The lowest BCUT2D eigenvalue weighted by molar-refractivity contribution is 0.108. The van der Waals surface area contributed by atoms with E-state index < -0.39 is 0 Å². The molecule has 5 nitrogen and oxygen atoms in total. The second kappa shape index (κ2) is 6.12. The molecule has 0 spiro atoms. The van der Waals surface area contributed by atoms with Gasteiger partial charge in [0.25, 0.3) is 0 Å². The van der Waals surface area contributed by atoms with Gasteiger partial charge >= 0.3 is 0 Å². The smallest absolute Gasteiger partial charge is 0.140 e. The number of hydrogen-bond acceptors (Lipinski definition) is 4. The number of nitrogens with zero attached hydrogens (tertiary/aromatic N) is 3. The summed E-state index contributed by atoms with van der Waals surface area (Å²) in [5.41, 5.74) is 0. The van der Waals surface area contributed by atoms with Gasteiger partial charge in [-0.05, 0) is 45.1 Å². The lowest BCUT2D eigenvalue weighted by Crippen LogP contribution is -2.28. The fourth-order valence-corrected chi connectivity index (χ4v) is 2.43. The van der Waals surface area contributed by atoms with Crippen molar-refractivity contribution in [1.29, 1.82) is 0 Å². The van der Waals surface area contributed by atoms with Gasteiger partial charge in [0.1, 0.15) is 12.2 Å². The molecule has 5 heteroatoms. The van der Waals surface area contributed by atoms with Crippen LogP contribution in [0.4, 0.5) is 0 Å². The van der Waals surface area contributed by atoms with Crippen molar-refractivity contribution >= 4 is 0 Å². The summed E-state index contributed by atoms with van der Waals surface area (Å²) in [6.45, 7) is 4.74. The van der Waals surface area contributed by atoms with Gasteiger partial charge in [0.05, 0.1) is 12.6 Å². The van der Waals surface area contributed by atoms with Crippen LogP contribution in [0.15, 0.2) is 6.33 Å². The summed E-state index contributed by atoms with van der Waals surface area (Å²) in [6.07, 6.45) is 5.73. The zero-order valence-electron chi connectivity index (χ0n) is 10.5. The fraction of sp³-hybridized carbons (Fsp3) is 0.833. The van der Waals surface area contributed by atoms with Crippen molar-refractivity contribution < 1.29 is 5.11 Å². The van der Waals surface area contributed by atoms with Gasteiger partial charge < -0.3 is 10.4 Å². The third-order valence-electron chi connectivity index (χ3n) is 3.53. The molecule has 1 aromatic heterocycles. The molecule has 1 fully saturated rings. The van der Waals surface area contributed by atoms with Crippen molar-refractivity contribution in [2.45, 2.75) is 51.8 Å². The Hall–Kier alpha value is -0.940. The maximum absolute atomic E-state index is 9.43. The molecule has 0 radical (unpaired) electrons. The Kier molecular flexibility index (Phi) is 4.50. The summed E-state index contributed by atoms with van der Waals surface area (Å²) < 4.78 is 1.91. The Morgan fingerprint density at radius 3 is 2.88 bits per heavy atom. The highest BCUT2D eigenvalue weighted by atomic mass is 16.3. The average molecular weight is 238 g/mol. The largest absolute Gasteiger partial charge is 0.393 e. The molecule has 1 heterocycles. The van der Waals surface area contributed by atoms with E-state index in [2.05, 4.69) is 22.3 Å². The number of aliphatic hydroxyl groups is 1. The van der Waals surface area contributed by atoms with Gasteiger partial charge in [-0.25, -0.2) is 9.67 Å². The van der Waals surface area contributed by atoms with Crippen LogP contribution >= 0.6 is 0 Å². The minimum absolute atomic E-state index is 0.0607. The van der Waals surface area contributed by atoms with E-state index in [-0.39, 0.29) is 6.10 Å². The van der Waals surface area contributed by atoms with E-state index in [9.17, 15) is 5.11 Å². The maximum atomic E-state index is 9.43. The molecule has 0 aromatic carbocycles. The van der Waals surface area contributed by atoms with Crippen molar-refractivity contribution in [2.75, 3.05) is 6.54 Å². The zero-order chi connectivity index (χ0) is 12.1. The molecule has 0 unspecified atom stereocenters. The van der Waals surface area contributed by atoms with Crippen LogP contribution in [0.2, 0.25) is 0 Å². The third kappa shape index (κ3) is 3.51. The van der Waals surface area contributed by atoms with Crippen LogP contribution in [0.3, 0.4) is 0 Å². The maximum Gasteiger partial charge on any atom is 0.140 e. The SMILES string of the molecule is CCn1ncnc1CNCC1CCC(O)CC1. The zero-order valence-corrected chi connectivity index (χ0v) is 10.5. The second-order valence-corrected chi connectivity index (χ2v) is 4.80. The molecule has 0 aliphatic heterocycles. The number of nitrogens with one attached hydrogen (secondary N) is 1. The molecule has 1 aliphatic rings. The molecule has 96 valence electrons. The Bertz CT molecular complexity index is 331. The number of hydrogen-bond donors (Lipinski definition) is 2. The molecule has 1 aliphatic carbocycles. The van der Waals surface area contributed by atoms with E-state index in [0.717, 1.165) is 51.1 Å². The molecule has 0 saturated heterocycles. The van der Waals surface area contributed by atoms with Gasteiger partial charge in [-0.1, -0.05) is 0 Å². The molecular formula is C12H22N4O.